The van der Waals surface area contributed by atoms with E-state index in [0.29, 0.717) is 5.92 Å². The number of hydrogen-bond acceptors (Lipinski definition) is 5. The summed E-state index contributed by atoms with van der Waals surface area (Å²) in [5, 5.41) is 13.0. The highest BCUT2D eigenvalue weighted by Crippen LogP contribution is 2.16. The highest BCUT2D eigenvalue weighted by Gasteiger charge is 2.12. The van der Waals surface area contributed by atoms with Gasteiger partial charge < -0.3 is 14.3 Å². The molecule has 2 rings (SSSR count). The Kier molecular flexibility index (Phi) is 6.51. The van der Waals surface area contributed by atoms with Crippen molar-refractivity contribution in [1.29, 1.82) is 0 Å². The summed E-state index contributed by atoms with van der Waals surface area (Å²) in [6.07, 6.45) is 4.05. The third-order valence-electron chi connectivity index (χ3n) is 3.37. The minimum absolute atomic E-state index is 0.598. The number of aromatic nitrogens is 3. The lowest BCUT2D eigenvalue weighted by Gasteiger charge is -2.11. The summed E-state index contributed by atoms with van der Waals surface area (Å²) in [5.41, 5.74) is 0. The maximum absolute atomic E-state index is 5.54. The van der Waals surface area contributed by atoms with Gasteiger partial charge in [0.05, 0.1) is 6.54 Å². The van der Waals surface area contributed by atoms with E-state index >= 15 is 0 Å². The number of furan rings is 1. The maximum atomic E-state index is 5.54. The first-order valence-electron chi connectivity index (χ1n) is 7.82. The fourth-order valence-corrected chi connectivity index (χ4v) is 2.89. The lowest BCUT2D eigenvalue weighted by molar-refractivity contribution is 0.456. The van der Waals surface area contributed by atoms with Crippen LogP contribution in [-0.4, -0.2) is 27.6 Å². The maximum Gasteiger partial charge on any atom is 0.190 e. The average molecular weight is 322 g/mol. The minimum atomic E-state index is 0.598. The van der Waals surface area contributed by atoms with Gasteiger partial charge in [0.15, 0.2) is 5.16 Å². The number of nitrogens with zero attached hydrogens (tertiary/aromatic N) is 3. The molecule has 0 unspecified atom stereocenters. The van der Waals surface area contributed by atoms with Crippen LogP contribution in [0.15, 0.2) is 21.7 Å². The van der Waals surface area contributed by atoms with Crippen molar-refractivity contribution >= 4 is 11.8 Å². The van der Waals surface area contributed by atoms with Crippen molar-refractivity contribution in [2.75, 3.05) is 12.8 Å². The van der Waals surface area contributed by atoms with E-state index in [1.54, 1.807) is 11.8 Å². The normalized spacial score (nSPS) is 11.5. The molecule has 0 saturated heterocycles. The summed E-state index contributed by atoms with van der Waals surface area (Å²) >= 11 is 1.66. The smallest absolute Gasteiger partial charge is 0.190 e. The molecular weight excluding hydrogens is 296 g/mol. The van der Waals surface area contributed by atoms with E-state index in [4.69, 9.17) is 4.42 Å². The summed E-state index contributed by atoms with van der Waals surface area (Å²) in [6.45, 7) is 9.12. The molecule has 122 valence electrons. The highest BCUT2D eigenvalue weighted by molar-refractivity contribution is 7.98. The van der Waals surface area contributed by atoms with E-state index in [0.717, 1.165) is 55.0 Å². The minimum Gasteiger partial charge on any atom is -0.465 e. The Hall–Kier alpha value is -1.27. The van der Waals surface area contributed by atoms with Gasteiger partial charge in [-0.25, -0.2) is 0 Å². The summed E-state index contributed by atoms with van der Waals surface area (Å²) in [4.78, 5) is 0. The molecule has 2 aromatic rings. The first-order valence-corrected chi connectivity index (χ1v) is 9.04. The van der Waals surface area contributed by atoms with Gasteiger partial charge in [-0.05, 0) is 44.2 Å². The molecule has 0 atom stereocenters. The fourth-order valence-electron chi connectivity index (χ4n) is 2.37. The number of thioether (sulfide) groups is 1. The summed E-state index contributed by atoms with van der Waals surface area (Å²) in [5.74, 6) is 3.64. The Morgan fingerprint density at radius 1 is 1.32 bits per heavy atom. The molecule has 0 saturated carbocycles. The van der Waals surface area contributed by atoms with Crippen LogP contribution in [-0.2, 0) is 19.5 Å². The van der Waals surface area contributed by atoms with Crippen molar-refractivity contribution in [3.05, 3.63) is 29.5 Å². The van der Waals surface area contributed by atoms with E-state index in [2.05, 4.69) is 40.2 Å². The van der Waals surface area contributed by atoms with Crippen molar-refractivity contribution in [3.8, 4) is 0 Å². The molecule has 6 heteroatoms. The summed E-state index contributed by atoms with van der Waals surface area (Å²) in [7, 11) is 0. The summed E-state index contributed by atoms with van der Waals surface area (Å²) in [6, 6.07) is 4.02. The van der Waals surface area contributed by atoms with Crippen LogP contribution >= 0.6 is 11.8 Å². The molecule has 0 aliphatic heterocycles. The Bertz CT molecular complexity index is 576. The first-order chi connectivity index (χ1) is 10.6. The van der Waals surface area contributed by atoms with Gasteiger partial charge in [-0.3, -0.25) is 0 Å². The molecule has 0 aliphatic rings. The monoisotopic (exact) mass is 322 g/mol. The van der Waals surface area contributed by atoms with Crippen molar-refractivity contribution in [2.45, 2.75) is 51.9 Å². The van der Waals surface area contributed by atoms with Gasteiger partial charge in [-0.1, -0.05) is 25.6 Å². The van der Waals surface area contributed by atoms with E-state index in [-0.39, 0.29) is 0 Å². The second-order valence-corrected chi connectivity index (χ2v) is 6.67. The van der Waals surface area contributed by atoms with Crippen LogP contribution in [0.25, 0.3) is 0 Å². The van der Waals surface area contributed by atoms with Gasteiger partial charge in [0.1, 0.15) is 17.3 Å². The van der Waals surface area contributed by atoms with E-state index in [1.165, 1.54) is 0 Å². The fraction of sp³-hybridized carbons (Fsp3) is 0.625. The molecule has 2 aromatic heterocycles. The number of nitrogens with one attached hydrogen (secondary N) is 1. The Morgan fingerprint density at radius 3 is 2.77 bits per heavy atom. The van der Waals surface area contributed by atoms with Gasteiger partial charge in [0.25, 0.3) is 0 Å². The second-order valence-electron chi connectivity index (χ2n) is 5.90. The van der Waals surface area contributed by atoms with Crippen molar-refractivity contribution in [2.24, 2.45) is 5.92 Å². The van der Waals surface area contributed by atoms with Gasteiger partial charge in [0, 0.05) is 13.0 Å². The molecule has 0 radical (unpaired) electrons. The third-order valence-corrected chi connectivity index (χ3v) is 4.04. The third kappa shape index (κ3) is 4.88. The SMILES string of the molecule is CSc1nnc(CCCNCc2ccc(C)o2)n1CC(C)C. The lowest BCUT2D eigenvalue weighted by Crippen LogP contribution is -2.16. The quantitative estimate of drug-likeness (QED) is 0.567. The van der Waals surface area contributed by atoms with Gasteiger partial charge in [0.2, 0.25) is 0 Å². The molecule has 0 aromatic carbocycles. The molecule has 2 heterocycles. The molecule has 0 amide bonds. The van der Waals surface area contributed by atoms with Crippen LogP contribution in [0.5, 0.6) is 0 Å². The van der Waals surface area contributed by atoms with Gasteiger partial charge in [-0.15, -0.1) is 10.2 Å². The number of hydrogen-bond donors (Lipinski definition) is 1. The molecule has 1 N–H and O–H groups in total. The molecule has 0 aliphatic carbocycles. The summed E-state index contributed by atoms with van der Waals surface area (Å²) < 4.78 is 7.79. The zero-order chi connectivity index (χ0) is 15.9. The topological polar surface area (TPSA) is 55.9 Å². The van der Waals surface area contributed by atoms with Crippen LogP contribution in [0.2, 0.25) is 0 Å². The van der Waals surface area contributed by atoms with Crippen molar-refractivity contribution in [1.82, 2.24) is 20.1 Å². The highest BCUT2D eigenvalue weighted by atomic mass is 32.2. The molecular formula is C16H26N4OS. The molecule has 0 spiro atoms. The zero-order valence-corrected chi connectivity index (χ0v) is 14.7. The van der Waals surface area contributed by atoms with Gasteiger partial charge in [-0.2, -0.15) is 0 Å². The Morgan fingerprint density at radius 2 is 2.14 bits per heavy atom. The molecule has 5 nitrogen and oxygen atoms in total. The number of rotatable bonds is 9. The Balaban J connectivity index is 1.77. The van der Waals surface area contributed by atoms with Crippen LogP contribution < -0.4 is 5.32 Å². The van der Waals surface area contributed by atoms with Crippen LogP contribution in [0.3, 0.4) is 0 Å². The lowest BCUT2D eigenvalue weighted by atomic mass is 10.2. The van der Waals surface area contributed by atoms with E-state index in [1.807, 2.05) is 19.1 Å². The van der Waals surface area contributed by atoms with Crippen molar-refractivity contribution in [3.63, 3.8) is 0 Å². The number of aryl methyl sites for hydroxylation is 2. The van der Waals surface area contributed by atoms with Crippen LogP contribution in [0, 0.1) is 12.8 Å². The predicted molar refractivity (Wildman–Crippen MR) is 90.1 cm³/mol. The van der Waals surface area contributed by atoms with E-state index < -0.39 is 0 Å². The standard InChI is InChI=1S/C16H26N4OS/c1-12(2)11-20-15(18-19-16(20)22-4)6-5-9-17-10-14-8-7-13(3)21-14/h7-8,12,17H,5-6,9-11H2,1-4H3. The van der Waals surface area contributed by atoms with Crippen LogP contribution in [0.1, 0.15) is 37.6 Å². The zero-order valence-electron chi connectivity index (χ0n) is 13.9. The molecule has 22 heavy (non-hydrogen) atoms. The van der Waals surface area contributed by atoms with Gasteiger partial charge >= 0.3 is 0 Å². The second kappa shape index (κ2) is 8.39. The van der Waals surface area contributed by atoms with Crippen molar-refractivity contribution < 1.29 is 4.42 Å². The predicted octanol–water partition coefficient (Wildman–Crippen LogP) is 3.28. The Labute approximate surface area is 136 Å². The molecule has 0 bridgehead atoms. The molecule has 0 fully saturated rings. The average Bonchev–Trinajstić information content (AvgIpc) is 3.05. The van der Waals surface area contributed by atoms with E-state index in [9.17, 15) is 0 Å². The largest absolute Gasteiger partial charge is 0.465 e. The first kappa shape index (κ1) is 17.1. The van der Waals surface area contributed by atoms with Crippen LogP contribution in [0.4, 0.5) is 0 Å².